The summed E-state index contributed by atoms with van der Waals surface area (Å²) >= 11 is 0. The first-order valence-corrected chi connectivity index (χ1v) is 8.88. The lowest BCUT2D eigenvalue weighted by molar-refractivity contribution is -0.145. The zero-order valence-corrected chi connectivity index (χ0v) is 15.4. The van der Waals surface area contributed by atoms with Crippen molar-refractivity contribution < 1.29 is 23.5 Å². The molecule has 3 rings (SSSR count). The van der Waals surface area contributed by atoms with Gasteiger partial charge in [-0.05, 0) is 62.4 Å². The molecule has 2 aromatic rings. The second kappa shape index (κ2) is 8.31. The van der Waals surface area contributed by atoms with Gasteiger partial charge in [-0.25, -0.2) is 4.39 Å². The number of halogens is 1. The van der Waals surface area contributed by atoms with Crippen LogP contribution in [0.2, 0.25) is 0 Å². The summed E-state index contributed by atoms with van der Waals surface area (Å²) < 4.78 is 24.1. The summed E-state index contributed by atoms with van der Waals surface area (Å²) in [6.45, 7) is 4.92. The molecular weight excluding hydrogens is 349 g/mol. The third-order valence-corrected chi connectivity index (χ3v) is 4.36. The molecule has 0 N–H and O–H groups in total. The van der Waals surface area contributed by atoms with Crippen LogP contribution in [0.15, 0.2) is 48.5 Å². The maximum absolute atomic E-state index is 13.0. The number of amides is 1. The number of ketones is 1. The van der Waals surface area contributed by atoms with E-state index in [1.807, 2.05) is 13.8 Å². The Labute approximate surface area is 157 Å². The molecule has 1 fully saturated rings. The fourth-order valence-corrected chi connectivity index (χ4v) is 3.09. The van der Waals surface area contributed by atoms with E-state index in [0.29, 0.717) is 30.0 Å². The summed E-state index contributed by atoms with van der Waals surface area (Å²) in [5.41, 5.74) is 0.881. The Hall–Kier alpha value is -2.73. The van der Waals surface area contributed by atoms with Crippen LogP contribution in [0.25, 0.3) is 0 Å². The van der Waals surface area contributed by atoms with Crippen molar-refractivity contribution in [1.29, 1.82) is 0 Å². The van der Waals surface area contributed by atoms with E-state index in [-0.39, 0.29) is 36.3 Å². The molecule has 0 aliphatic carbocycles. The summed E-state index contributed by atoms with van der Waals surface area (Å²) in [4.78, 5) is 26.4. The number of hydrogen-bond donors (Lipinski definition) is 0. The van der Waals surface area contributed by atoms with Gasteiger partial charge in [0, 0.05) is 24.2 Å². The van der Waals surface area contributed by atoms with Crippen LogP contribution in [-0.2, 0) is 9.53 Å². The van der Waals surface area contributed by atoms with Crippen molar-refractivity contribution >= 4 is 11.7 Å². The summed E-state index contributed by atoms with van der Waals surface area (Å²) in [7, 11) is 0. The van der Waals surface area contributed by atoms with Gasteiger partial charge in [-0.2, -0.15) is 0 Å². The molecule has 0 radical (unpaired) electrons. The third kappa shape index (κ3) is 4.92. The van der Waals surface area contributed by atoms with Crippen LogP contribution < -0.4 is 4.74 Å². The largest absolute Gasteiger partial charge is 0.484 e. The lowest BCUT2D eigenvalue weighted by Gasteiger charge is -2.35. The number of rotatable bonds is 5. The van der Waals surface area contributed by atoms with Crippen molar-refractivity contribution in [3.05, 3.63) is 65.5 Å². The smallest absolute Gasteiger partial charge is 0.260 e. The highest BCUT2D eigenvalue weighted by atomic mass is 19.1. The Kier molecular flexibility index (Phi) is 5.86. The van der Waals surface area contributed by atoms with Gasteiger partial charge in [-0.1, -0.05) is 0 Å². The first-order valence-electron chi connectivity index (χ1n) is 8.88. The molecule has 1 heterocycles. The van der Waals surface area contributed by atoms with Gasteiger partial charge in [0.15, 0.2) is 12.4 Å². The van der Waals surface area contributed by atoms with E-state index < -0.39 is 0 Å². The Morgan fingerprint density at radius 1 is 1.00 bits per heavy atom. The molecule has 27 heavy (non-hydrogen) atoms. The minimum absolute atomic E-state index is 0.00876. The second-order valence-electron chi connectivity index (χ2n) is 6.71. The molecule has 5 nitrogen and oxygen atoms in total. The molecule has 142 valence electrons. The van der Waals surface area contributed by atoms with Crippen molar-refractivity contribution in [3.63, 3.8) is 0 Å². The molecule has 6 heteroatoms. The van der Waals surface area contributed by atoms with Gasteiger partial charge < -0.3 is 14.4 Å². The maximum atomic E-state index is 13.0. The highest BCUT2D eigenvalue weighted by Crippen LogP contribution is 2.17. The third-order valence-electron chi connectivity index (χ3n) is 4.36. The van der Waals surface area contributed by atoms with Crippen LogP contribution in [0.5, 0.6) is 5.75 Å². The predicted molar refractivity (Wildman–Crippen MR) is 98.4 cm³/mol. The lowest BCUT2D eigenvalue weighted by Crippen LogP contribution is -2.49. The van der Waals surface area contributed by atoms with Gasteiger partial charge in [0.1, 0.15) is 11.6 Å². The molecule has 2 atom stereocenters. The first-order chi connectivity index (χ1) is 12.9. The van der Waals surface area contributed by atoms with E-state index in [0.717, 1.165) is 0 Å². The van der Waals surface area contributed by atoms with E-state index in [1.54, 1.807) is 29.2 Å². The van der Waals surface area contributed by atoms with E-state index >= 15 is 0 Å². The zero-order valence-electron chi connectivity index (χ0n) is 15.4. The van der Waals surface area contributed by atoms with Gasteiger partial charge in [0.05, 0.1) is 12.2 Å². The van der Waals surface area contributed by atoms with Crippen LogP contribution >= 0.6 is 0 Å². The standard InChI is InChI=1S/C21H22FNO4/c1-14-11-23(12-15(2)27-14)20(24)13-26-19-9-5-17(6-10-19)21(25)16-3-7-18(22)8-4-16/h3-10,14-15H,11-13H2,1-2H3/t14-,15+. The van der Waals surface area contributed by atoms with Crippen LogP contribution in [0.1, 0.15) is 29.8 Å². The number of hydrogen-bond acceptors (Lipinski definition) is 4. The summed E-state index contributed by atoms with van der Waals surface area (Å²) in [5.74, 6) is -0.172. The number of benzene rings is 2. The van der Waals surface area contributed by atoms with Gasteiger partial charge in [-0.3, -0.25) is 9.59 Å². The first kappa shape index (κ1) is 19.0. The monoisotopic (exact) mass is 371 g/mol. The zero-order chi connectivity index (χ0) is 19.4. The van der Waals surface area contributed by atoms with Gasteiger partial charge in [0.2, 0.25) is 0 Å². The van der Waals surface area contributed by atoms with Crippen molar-refractivity contribution in [2.75, 3.05) is 19.7 Å². The fourth-order valence-electron chi connectivity index (χ4n) is 3.09. The normalized spacial score (nSPS) is 19.6. The minimum atomic E-state index is -0.385. The molecular formula is C21H22FNO4. The lowest BCUT2D eigenvalue weighted by atomic mass is 10.0. The quantitative estimate of drug-likeness (QED) is 0.758. The molecule has 2 aromatic carbocycles. The Balaban J connectivity index is 1.57. The van der Waals surface area contributed by atoms with E-state index in [9.17, 15) is 14.0 Å². The van der Waals surface area contributed by atoms with Crippen molar-refractivity contribution in [1.82, 2.24) is 4.90 Å². The average molecular weight is 371 g/mol. The highest BCUT2D eigenvalue weighted by molar-refractivity contribution is 6.09. The molecule has 0 spiro atoms. The van der Waals surface area contributed by atoms with E-state index in [4.69, 9.17) is 9.47 Å². The Bertz CT molecular complexity index is 794. The molecule has 1 aliphatic heterocycles. The summed E-state index contributed by atoms with van der Waals surface area (Å²) in [6, 6.07) is 12.0. The molecule has 1 saturated heterocycles. The van der Waals surface area contributed by atoms with Crippen LogP contribution in [0.3, 0.4) is 0 Å². The number of ether oxygens (including phenoxy) is 2. The Morgan fingerprint density at radius 3 is 2.07 bits per heavy atom. The molecule has 0 aromatic heterocycles. The van der Waals surface area contributed by atoms with Crippen molar-refractivity contribution in [3.8, 4) is 5.75 Å². The molecule has 0 saturated carbocycles. The SMILES string of the molecule is C[C@@H]1CN(C(=O)COc2ccc(C(=O)c3ccc(F)cc3)cc2)C[C@H](C)O1. The molecule has 1 aliphatic rings. The topological polar surface area (TPSA) is 55.8 Å². The molecule has 0 unspecified atom stereocenters. The minimum Gasteiger partial charge on any atom is -0.484 e. The summed E-state index contributed by atoms with van der Waals surface area (Å²) in [6.07, 6.45) is 0.0175. The van der Waals surface area contributed by atoms with Crippen LogP contribution in [-0.4, -0.2) is 48.5 Å². The number of carbonyl (C=O) groups is 2. The molecule has 1 amide bonds. The van der Waals surface area contributed by atoms with E-state index in [1.165, 1.54) is 24.3 Å². The summed E-state index contributed by atoms with van der Waals surface area (Å²) in [5, 5.41) is 0. The number of morpholine rings is 1. The maximum Gasteiger partial charge on any atom is 0.260 e. The number of nitrogens with zero attached hydrogens (tertiary/aromatic N) is 1. The van der Waals surface area contributed by atoms with Crippen LogP contribution in [0.4, 0.5) is 4.39 Å². The Morgan fingerprint density at radius 2 is 1.52 bits per heavy atom. The molecule has 0 bridgehead atoms. The average Bonchev–Trinajstić information content (AvgIpc) is 2.66. The van der Waals surface area contributed by atoms with E-state index in [2.05, 4.69) is 0 Å². The van der Waals surface area contributed by atoms with Gasteiger partial charge >= 0.3 is 0 Å². The van der Waals surface area contributed by atoms with Crippen molar-refractivity contribution in [2.24, 2.45) is 0 Å². The highest BCUT2D eigenvalue weighted by Gasteiger charge is 2.26. The fraction of sp³-hybridized carbons (Fsp3) is 0.333. The van der Waals surface area contributed by atoms with Crippen molar-refractivity contribution in [2.45, 2.75) is 26.1 Å². The number of carbonyl (C=O) groups excluding carboxylic acids is 2. The van der Waals surface area contributed by atoms with Gasteiger partial charge in [0.25, 0.3) is 5.91 Å². The van der Waals surface area contributed by atoms with Gasteiger partial charge in [-0.15, -0.1) is 0 Å². The van der Waals surface area contributed by atoms with Crippen LogP contribution in [0, 0.1) is 5.82 Å². The predicted octanol–water partition coefficient (Wildman–Crippen LogP) is 3.07. The second-order valence-corrected chi connectivity index (χ2v) is 6.71.